The highest BCUT2D eigenvalue weighted by atomic mass is 16.2. The number of amides is 2. The quantitative estimate of drug-likeness (QED) is 0.692. The third-order valence-corrected chi connectivity index (χ3v) is 3.77. The van der Waals surface area contributed by atoms with Gasteiger partial charge in [0, 0.05) is 11.6 Å². The molecule has 1 aliphatic carbocycles. The Bertz CT molecular complexity index is 475. The van der Waals surface area contributed by atoms with Crippen molar-refractivity contribution < 1.29 is 9.59 Å². The van der Waals surface area contributed by atoms with Gasteiger partial charge in [-0.1, -0.05) is 31.0 Å². The summed E-state index contributed by atoms with van der Waals surface area (Å²) in [7, 11) is 0. The SMILES string of the molecule is O=C1Cc2ccccc2C(=O)N1C1CCCC1. The summed E-state index contributed by atoms with van der Waals surface area (Å²) in [5, 5.41) is 0. The van der Waals surface area contributed by atoms with Crippen LogP contribution in [0.1, 0.15) is 41.6 Å². The average molecular weight is 229 g/mol. The largest absolute Gasteiger partial charge is 0.275 e. The second-order valence-electron chi connectivity index (χ2n) is 4.84. The molecule has 0 radical (unpaired) electrons. The lowest BCUT2D eigenvalue weighted by Gasteiger charge is -2.31. The van der Waals surface area contributed by atoms with Gasteiger partial charge in [0.05, 0.1) is 6.42 Å². The Balaban J connectivity index is 1.97. The fourth-order valence-corrected chi connectivity index (χ4v) is 2.91. The lowest BCUT2D eigenvalue weighted by atomic mass is 9.97. The van der Waals surface area contributed by atoms with E-state index in [0.29, 0.717) is 12.0 Å². The summed E-state index contributed by atoms with van der Waals surface area (Å²) in [6.45, 7) is 0. The van der Waals surface area contributed by atoms with Crippen LogP contribution < -0.4 is 0 Å². The molecular formula is C14H15NO2. The van der Waals surface area contributed by atoms with E-state index in [1.165, 1.54) is 4.90 Å². The third-order valence-electron chi connectivity index (χ3n) is 3.77. The van der Waals surface area contributed by atoms with E-state index in [-0.39, 0.29) is 17.9 Å². The van der Waals surface area contributed by atoms with Crippen molar-refractivity contribution in [1.82, 2.24) is 4.90 Å². The molecule has 3 nitrogen and oxygen atoms in total. The van der Waals surface area contributed by atoms with E-state index in [2.05, 4.69) is 0 Å². The van der Waals surface area contributed by atoms with Crippen molar-refractivity contribution >= 4 is 11.8 Å². The molecule has 0 aromatic heterocycles. The molecule has 1 aromatic carbocycles. The van der Waals surface area contributed by atoms with Gasteiger partial charge in [-0.3, -0.25) is 14.5 Å². The first-order valence-corrected chi connectivity index (χ1v) is 6.21. The number of carbonyl (C=O) groups is 2. The Morgan fingerprint density at radius 1 is 1.06 bits per heavy atom. The lowest BCUT2D eigenvalue weighted by Crippen LogP contribution is -2.47. The van der Waals surface area contributed by atoms with Crippen LogP contribution in [0, 0.1) is 0 Å². The van der Waals surface area contributed by atoms with Gasteiger partial charge in [0.15, 0.2) is 0 Å². The van der Waals surface area contributed by atoms with E-state index in [9.17, 15) is 9.59 Å². The van der Waals surface area contributed by atoms with Crippen LogP contribution in [-0.4, -0.2) is 22.8 Å². The van der Waals surface area contributed by atoms with Crippen molar-refractivity contribution in [2.24, 2.45) is 0 Å². The van der Waals surface area contributed by atoms with Gasteiger partial charge in [-0.15, -0.1) is 0 Å². The molecule has 2 amide bonds. The molecule has 1 saturated carbocycles. The molecule has 3 heteroatoms. The number of benzene rings is 1. The van der Waals surface area contributed by atoms with Gasteiger partial charge in [0.1, 0.15) is 0 Å². The Kier molecular flexibility index (Phi) is 2.46. The minimum atomic E-state index is -0.0937. The molecule has 0 N–H and O–H groups in total. The van der Waals surface area contributed by atoms with E-state index in [1.807, 2.05) is 24.3 Å². The summed E-state index contributed by atoms with van der Waals surface area (Å²) in [4.78, 5) is 25.9. The highest BCUT2D eigenvalue weighted by molar-refractivity contribution is 6.09. The Hall–Kier alpha value is -1.64. The molecule has 3 rings (SSSR count). The molecule has 0 unspecified atom stereocenters. The fraction of sp³-hybridized carbons (Fsp3) is 0.429. The van der Waals surface area contributed by atoms with Crippen LogP contribution in [0.25, 0.3) is 0 Å². The van der Waals surface area contributed by atoms with Crippen molar-refractivity contribution in [3.8, 4) is 0 Å². The van der Waals surface area contributed by atoms with Crippen LogP contribution in [0.15, 0.2) is 24.3 Å². The number of fused-ring (bicyclic) bond motifs is 1. The topological polar surface area (TPSA) is 37.4 Å². The smallest absolute Gasteiger partial charge is 0.261 e. The number of hydrogen-bond acceptors (Lipinski definition) is 2. The number of nitrogens with zero attached hydrogens (tertiary/aromatic N) is 1. The van der Waals surface area contributed by atoms with Crippen molar-refractivity contribution in [3.05, 3.63) is 35.4 Å². The molecule has 1 aliphatic heterocycles. The molecule has 0 atom stereocenters. The molecule has 1 fully saturated rings. The maximum Gasteiger partial charge on any atom is 0.261 e. The van der Waals surface area contributed by atoms with Crippen molar-refractivity contribution in [2.45, 2.75) is 38.1 Å². The first kappa shape index (κ1) is 10.5. The monoisotopic (exact) mass is 229 g/mol. The summed E-state index contributed by atoms with van der Waals surface area (Å²) in [6, 6.07) is 7.58. The van der Waals surface area contributed by atoms with Crippen LogP contribution in [0.5, 0.6) is 0 Å². The van der Waals surface area contributed by atoms with E-state index in [0.717, 1.165) is 31.2 Å². The zero-order chi connectivity index (χ0) is 11.8. The molecule has 0 saturated heterocycles. The van der Waals surface area contributed by atoms with Gasteiger partial charge in [-0.25, -0.2) is 0 Å². The second-order valence-corrected chi connectivity index (χ2v) is 4.84. The van der Waals surface area contributed by atoms with Crippen LogP contribution in [0.4, 0.5) is 0 Å². The van der Waals surface area contributed by atoms with Crippen LogP contribution in [0.2, 0.25) is 0 Å². The minimum absolute atomic E-state index is 0.0272. The van der Waals surface area contributed by atoms with E-state index in [4.69, 9.17) is 0 Å². The highest BCUT2D eigenvalue weighted by Crippen LogP contribution is 2.29. The molecule has 17 heavy (non-hydrogen) atoms. The molecule has 0 bridgehead atoms. The van der Waals surface area contributed by atoms with E-state index in [1.54, 1.807) is 0 Å². The summed E-state index contributed by atoms with van der Waals surface area (Å²) in [6.07, 6.45) is 4.57. The van der Waals surface area contributed by atoms with Crippen molar-refractivity contribution in [1.29, 1.82) is 0 Å². The normalized spacial score (nSPS) is 20.8. The number of carbonyl (C=O) groups excluding carboxylic acids is 2. The van der Waals surface area contributed by atoms with Crippen LogP contribution >= 0.6 is 0 Å². The highest BCUT2D eigenvalue weighted by Gasteiger charge is 2.36. The summed E-state index contributed by atoms with van der Waals surface area (Å²) in [5.41, 5.74) is 1.58. The summed E-state index contributed by atoms with van der Waals surface area (Å²) in [5.74, 6) is -0.121. The van der Waals surface area contributed by atoms with Gasteiger partial charge < -0.3 is 0 Å². The Labute approximate surface area is 100 Å². The number of rotatable bonds is 1. The molecule has 1 heterocycles. The number of hydrogen-bond donors (Lipinski definition) is 0. The van der Waals surface area contributed by atoms with Crippen LogP contribution in [-0.2, 0) is 11.2 Å². The third kappa shape index (κ3) is 1.66. The van der Waals surface area contributed by atoms with Gasteiger partial charge in [-0.2, -0.15) is 0 Å². The van der Waals surface area contributed by atoms with Gasteiger partial charge in [0.25, 0.3) is 5.91 Å². The lowest BCUT2D eigenvalue weighted by molar-refractivity contribution is -0.130. The first-order valence-electron chi connectivity index (χ1n) is 6.21. The Morgan fingerprint density at radius 3 is 2.53 bits per heavy atom. The van der Waals surface area contributed by atoms with Gasteiger partial charge in [0.2, 0.25) is 5.91 Å². The average Bonchev–Trinajstić information content (AvgIpc) is 2.83. The molecular weight excluding hydrogens is 214 g/mol. The number of imide groups is 1. The zero-order valence-electron chi connectivity index (χ0n) is 9.69. The molecule has 1 aromatic rings. The molecule has 2 aliphatic rings. The summed E-state index contributed by atoms with van der Waals surface area (Å²) < 4.78 is 0. The summed E-state index contributed by atoms with van der Waals surface area (Å²) >= 11 is 0. The van der Waals surface area contributed by atoms with Gasteiger partial charge >= 0.3 is 0 Å². The standard InChI is InChI=1S/C14H15NO2/c16-13-9-10-5-1-4-8-12(10)14(17)15(13)11-6-2-3-7-11/h1,4-5,8,11H,2-3,6-7,9H2. The van der Waals surface area contributed by atoms with Crippen molar-refractivity contribution in [2.75, 3.05) is 0 Å². The fourth-order valence-electron chi connectivity index (χ4n) is 2.91. The predicted octanol–water partition coefficient (Wildman–Crippen LogP) is 2.15. The van der Waals surface area contributed by atoms with Crippen molar-refractivity contribution in [3.63, 3.8) is 0 Å². The maximum absolute atomic E-state index is 12.3. The minimum Gasteiger partial charge on any atom is -0.275 e. The molecule has 88 valence electrons. The van der Waals surface area contributed by atoms with Crippen LogP contribution in [0.3, 0.4) is 0 Å². The molecule has 0 spiro atoms. The zero-order valence-corrected chi connectivity index (χ0v) is 9.69. The Morgan fingerprint density at radius 2 is 1.76 bits per heavy atom. The maximum atomic E-state index is 12.3. The van der Waals surface area contributed by atoms with E-state index >= 15 is 0 Å². The van der Waals surface area contributed by atoms with Gasteiger partial charge in [-0.05, 0) is 24.5 Å². The first-order chi connectivity index (χ1) is 8.27. The predicted molar refractivity (Wildman–Crippen MR) is 63.6 cm³/mol. The van der Waals surface area contributed by atoms with E-state index < -0.39 is 0 Å². The second kappa shape index (κ2) is 3.99.